The van der Waals surface area contributed by atoms with Gasteiger partial charge in [-0.1, -0.05) is 12.1 Å². The van der Waals surface area contributed by atoms with E-state index in [0.717, 1.165) is 11.3 Å². The van der Waals surface area contributed by atoms with Crippen LogP contribution in [0.25, 0.3) is 0 Å². The van der Waals surface area contributed by atoms with E-state index in [4.69, 9.17) is 9.84 Å². The Bertz CT molecular complexity index is 405. The highest BCUT2D eigenvalue weighted by Crippen LogP contribution is 2.48. The molecular weight excluding hydrogens is 194 g/mol. The molecule has 4 heteroatoms. The number of carboxylic acids is 1. The lowest BCUT2D eigenvalue weighted by molar-refractivity contribution is -0.426. The van der Waals surface area contributed by atoms with Crippen LogP contribution in [0.5, 0.6) is 5.75 Å². The third-order valence-corrected chi connectivity index (χ3v) is 3.00. The minimum Gasteiger partial charge on any atom is -0.497 e. The van der Waals surface area contributed by atoms with Crippen LogP contribution in [-0.4, -0.2) is 23.7 Å². The van der Waals surface area contributed by atoms with Gasteiger partial charge in [0.25, 0.3) is 0 Å². The number of hydrogen-bond donors (Lipinski definition) is 2. The second kappa shape index (κ2) is 3.24. The van der Waals surface area contributed by atoms with Crippen molar-refractivity contribution in [3.8, 4) is 5.75 Å². The van der Waals surface area contributed by atoms with E-state index in [-0.39, 0.29) is 5.92 Å². The van der Waals surface area contributed by atoms with E-state index in [1.165, 1.54) is 0 Å². The molecule has 2 atom stereocenters. The molecule has 80 valence electrons. The summed E-state index contributed by atoms with van der Waals surface area (Å²) in [4.78, 5) is 10.9. The molecule has 0 spiro atoms. The topological polar surface area (TPSA) is 74.2 Å². The minimum absolute atomic E-state index is 0.0186. The Hall–Kier alpha value is -1.55. The van der Waals surface area contributed by atoms with Gasteiger partial charge in [0, 0.05) is 6.42 Å². The van der Waals surface area contributed by atoms with Gasteiger partial charge in [-0.2, -0.15) is 0 Å². The maximum atomic E-state index is 10.9. The summed E-state index contributed by atoms with van der Waals surface area (Å²) in [5.74, 6) is -0.0486. The lowest BCUT2D eigenvalue weighted by atomic mass is 10.1. The largest absolute Gasteiger partial charge is 0.497 e. The van der Waals surface area contributed by atoms with Gasteiger partial charge in [0.05, 0.1) is 13.0 Å². The predicted octanol–water partition coefficient (Wildman–Crippen LogP) is 0.248. The number of hydrogen-bond acceptors (Lipinski definition) is 2. The minimum atomic E-state index is -0.827. The van der Waals surface area contributed by atoms with E-state index in [1.54, 1.807) is 7.11 Å². The van der Waals surface area contributed by atoms with Crippen LogP contribution in [0.4, 0.5) is 0 Å². The lowest BCUT2D eigenvalue weighted by Gasteiger charge is -2.04. The van der Waals surface area contributed by atoms with E-state index in [2.05, 4.69) is 5.73 Å². The van der Waals surface area contributed by atoms with Crippen LogP contribution in [0, 0.1) is 0 Å². The predicted molar refractivity (Wildman–Crippen MR) is 53.6 cm³/mol. The molecule has 1 aliphatic carbocycles. The van der Waals surface area contributed by atoms with Crippen LogP contribution in [0.3, 0.4) is 0 Å². The van der Waals surface area contributed by atoms with Gasteiger partial charge in [-0.3, -0.25) is 0 Å². The number of carbonyl (C=O) groups is 1. The molecule has 0 radical (unpaired) electrons. The maximum Gasteiger partial charge on any atom is 0.366 e. The fourth-order valence-corrected chi connectivity index (χ4v) is 1.84. The number of aliphatic carboxylic acids is 1. The second-order valence-electron chi connectivity index (χ2n) is 3.99. The van der Waals surface area contributed by atoms with Crippen LogP contribution >= 0.6 is 0 Å². The molecule has 1 aliphatic rings. The average molecular weight is 208 g/mol. The number of quaternary nitrogens is 1. The van der Waals surface area contributed by atoms with Crippen molar-refractivity contribution in [2.24, 2.45) is 0 Å². The molecule has 0 bridgehead atoms. The van der Waals surface area contributed by atoms with Crippen LogP contribution in [-0.2, 0) is 4.79 Å². The molecule has 15 heavy (non-hydrogen) atoms. The van der Waals surface area contributed by atoms with Gasteiger partial charge in [-0.25, -0.2) is 4.79 Å². The molecule has 4 nitrogen and oxygen atoms in total. The Kier molecular flexibility index (Phi) is 2.16. The average Bonchev–Trinajstić information content (AvgIpc) is 2.93. The lowest BCUT2D eigenvalue weighted by Crippen LogP contribution is -2.68. The van der Waals surface area contributed by atoms with Crippen LogP contribution in [0.1, 0.15) is 17.9 Å². The van der Waals surface area contributed by atoms with Crippen molar-refractivity contribution in [1.82, 2.24) is 0 Å². The maximum absolute atomic E-state index is 10.9. The van der Waals surface area contributed by atoms with E-state index in [0.29, 0.717) is 6.42 Å². The highest BCUT2D eigenvalue weighted by Gasteiger charge is 2.63. The van der Waals surface area contributed by atoms with Crippen LogP contribution in [0.15, 0.2) is 24.3 Å². The fourth-order valence-electron chi connectivity index (χ4n) is 1.84. The van der Waals surface area contributed by atoms with Crippen molar-refractivity contribution >= 4 is 5.97 Å². The summed E-state index contributed by atoms with van der Waals surface area (Å²) in [6.45, 7) is 0. The summed E-state index contributed by atoms with van der Waals surface area (Å²) >= 11 is 0. The Morgan fingerprint density at radius 3 is 2.93 bits per heavy atom. The molecule has 1 aromatic carbocycles. The normalized spacial score (nSPS) is 28.5. The van der Waals surface area contributed by atoms with Crippen molar-refractivity contribution in [3.05, 3.63) is 29.8 Å². The van der Waals surface area contributed by atoms with E-state index in [1.807, 2.05) is 24.3 Å². The molecular formula is C11H14NO3+. The van der Waals surface area contributed by atoms with Crippen molar-refractivity contribution in [2.45, 2.75) is 17.9 Å². The number of benzene rings is 1. The fraction of sp³-hybridized carbons (Fsp3) is 0.364. The molecule has 1 fully saturated rings. The molecule has 1 saturated carbocycles. The Labute approximate surface area is 87.7 Å². The summed E-state index contributed by atoms with van der Waals surface area (Å²) < 4.78 is 5.09. The number of carboxylic acid groups (broad SMARTS) is 1. The summed E-state index contributed by atoms with van der Waals surface area (Å²) in [6, 6.07) is 7.51. The van der Waals surface area contributed by atoms with Gasteiger partial charge in [0.1, 0.15) is 5.75 Å². The molecule has 0 aromatic heterocycles. The zero-order valence-corrected chi connectivity index (χ0v) is 8.56. The molecule has 4 N–H and O–H groups in total. The monoisotopic (exact) mass is 208 g/mol. The van der Waals surface area contributed by atoms with Gasteiger partial charge in [0.2, 0.25) is 5.54 Å². The summed E-state index contributed by atoms with van der Waals surface area (Å²) in [5.41, 5.74) is 3.92. The van der Waals surface area contributed by atoms with Gasteiger partial charge in [-0.15, -0.1) is 0 Å². The van der Waals surface area contributed by atoms with Gasteiger partial charge >= 0.3 is 5.97 Å². The summed E-state index contributed by atoms with van der Waals surface area (Å²) in [5, 5.41) is 8.98. The van der Waals surface area contributed by atoms with E-state index >= 15 is 0 Å². The van der Waals surface area contributed by atoms with Crippen molar-refractivity contribution < 1.29 is 20.4 Å². The Balaban J connectivity index is 2.23. The molecule has 2 rings (SSSR count). The van der Waals surface area contributed by atoms with Crippen molar-refractivity contribution in [3.63, 3.8) is 0 Å². The third kappa shape index (κ3) is 1.57. The summed E-state index contributed by atoms with van der Waals surface area (Å²) in [7, 11) is 1.60. The quantitative estimate of drug-likeness (QED) is 0.747. The SMILES string of the molecule is COc1cccc([C@H]2C[C@@]2([NH3+])C(=O)O)c1. The van der Waals surface area contributed by atoms with Crippen LogP contribution in [0.2, 0.25) is 0 Å². The van der Waals surface area contributed by atoms with Crippen molar-refractivity contribution in [1.29, 1.82) is 0 Å². The first kappa shape index (κ1) is 9.98. The zero-order valence-electron chi connectivity index (χ0n) is 8.56. The van der Waals surface area contributed by atoms with Gasteiger partial charge < -0.3 is 15.6 Å². The number of rotatable bonds is 3. The van der Waals surface area contributed by atoms with Crippen molar-refractivity contribution in [2.75, 3.05) is 7.11 Å². The Morgan fingerprint density at radius 1 is 1.67 bits per heavy atom. The second-order valence-corrected chi connectivity index (χ2v) is 3.99. The first-order valence-corrected chi connectivity index (χ1v) is 4.80. The van der Waals surface area contributed by atoms with Gasteiger partial charge in [-0.05, 0) is 17.7 Å². The van der Waals surface area contributed by atoms with Crippen LogP contribution < -0.4 is 10.5 Å². The Morgan fingerprint density at radius 2 is 2.40 bits per heavy atom. The summed E-state index contributed by atoms with van der Waals surface area (Å²) in [6.07, 6.45) is 0.607. The highest BCUT2D eigenvalue weighted by atomic mass is 16.5. The standard InChI is InChI=1S/C11H13NO3/c1-15-8-4-2-3-7(5-8)9-6-11(9,12)10(13)14/h2-5,9H,6,12H2,1H3,(H,13,14)/p+1/t9-,11+/m1/s1. The molecule has 1 aromatic rings. The number of methoxy groups -OCH3 is 1. The molecule has 0 aliphatic heterocycles. The van der Waals surface area contributed by atoms with E-state index in [9.17, 15) is 4.79 Å². The first-order valence-electron chi connectivity index (χ1n) is 4.80. The first-order chi connectivity index (χ1) is 7.08. The molecule has 0 unspecified atom stereocenters. The molecule has 0 amide bonds. The third-order valence-electron chi connectivity index (χ3n) is 3.00. The number of ether oxygens (including phenoxy) is 1. The van der Waals surface area contributed by atoms with Gasteiger partial charge in [0.15, 0.2) is 0 Å². The highest BCUT2D eigenvalue weighted by molar-refractivity contribution is 5.82. The van der Waals surface area contributed by atoms with E-state index < -0.39 is 11.5 Å². The molecule has 0 heterocycles. The smallest absolute Gasteiger partial charge is 0.366 e. The molecule has 0 saturated heterocycles. The zero-order chi connectivity index (χ0) is 11.1.